The predicted octanol–water partition coefficient (Wildman–Crippen LogP) is 4.73. The Kier molecular flexibility index (Phi) is 6.00. The molecule has 2 aromatic carbocycles. The summed E-state index contributed by atoms with van der Waals surface area (Å²) in [7, 11) is 1.63. The van der Waals surface area contributed by atoms with Gasteiger partial charge in [0.2, 0.25) is 0 Å². The van der Waals surface area contributed by atoms with E-state index in [0.29, 0.717) is 12.4 Å². The molecule has 0 aromatic heterocycles. The Morgan fingerprint density at radius 2 is 1.86 bits per heavy atom. The molecule has 2 aromatic rings. The Hall–Kier alpha value is -1.61. The van der Waals surface area contributed by atoms with Gasteiger partial charge in [0.1, 0.15) is 5.75 Å². The summed E-state index contributed by atoms with van der Waals surface area (Å²) in [6, 6.07) is 9.03. The molecule has 114 valence electrons. The molecule has 0 atom stereocenters. The van der Waals surface area contributed by atoms with Crippen LogP contribution >= 0.6 is 11.6 Å². The van der Waals surface area contributed by atoms with Crippen molar-refractivity contribution in [3.63, 3.8) is 0 Å². The highest BCUT2D eigenvalue weighted by Gasteiger charge is 2.09. The van der Waals surface area contributed by atoms with Gasteiger partial charge in [-0.15, -0.1) is 11.6 Å². The fourth-order valence-electron chi connectivity index (χ4n) is 2.33. The van der Waals surface area contributed by atoms with Crippen LogP contribution < -0.4 is 9.47 Å². The molecule has 0 aliphatic heterocycles. The highest BCUT2D eigenvalue weighted by atomic mass is 35.5. The minimum Gasteiger partial charge on any atom is -0.508 e. The summed E-state index contributed by atoms with van der Waals surface area (Å²) in [6.45, 7) is 0.669. The fraction of sp³-hybridized carbons (Fsp3) is 0.412. The van der Waals surface area contributed by atoms with Crippen molar-refractivity contribution in [1.29, 1.82) is 0 Å². The first-order valence-electron chi connectivity index (χ1n) is 7.24. The highest BCUT2D eigenvalue weighted by Crippen LogP contribution is 2.36. The normalized spacial score (nSPS) is 10.8. The lowest BCUT2D eigenvalue weighted by Gasteiger charge is -2.13. The van der Waals surface area contributed by atoms with Crippen LogP contribution in [-0.2, 0) is 0 Å². The van der Waals surface area contributed by atoms with E-state index >= 15 is 0 Å². The van der Waals surface area contributed by atoms with E-state index in [2.05, 4.69) is 0 Å². The molecule has 0 radical (unpaired) electrons. The molecule has 2 rings (SSSR count). The van der Waals surface area contributed by atoms with E-state index in [9.17, 15) is 5.11 Å². The molecule has 0 fully saturated rings. The fourth-order valence-corrected chi connectivity index (χ4v) is 2.51. The number of alkyl halides is 1. The Bertz CT molecular complexity index is 584. The Labute approximate surface area is 130 Å². The largest absolute Gasteiger partial charge is 0.508 e. The molecule has 0 heterocycles. The van der Waals surface area contributed by atoms with E-state index in [4.69, 9.17) is 21.1 Å². The van der Waals surface area contributed by atoms with Gasteiger partial charge in [-0.25, -0.2) is 0 Å². The Balaban J connectivity index is 2.04. The molecule has 0 saturated heterocycles. The van der Waals surface area contributed by atoms with E-state index in [1.807, 2.05) is 18.2 Å². The number of unbranched alkanes of at least 4 members (excludes halogenated alkanes) is 3. The number of hydrogen-bond donors (Lipinski definition) is 1. The van der Waals surface area contributed by atoms with E-state index in [1.54, 1.807) is 19.2 Å². The lowest BCUT2D eigenvalue weighted by Crippen LogP contribution is -2.00. The third-order valence-corrected chi connectivity index (χ3v) is 3.67. The number of rotatable bonds is 8. The van der Waals surface area contributed by atoms with E-state index in [-0.39, 0.29) is 5.75 Å². The number of phenolic OH excluding ortho intramolecular Hbond substituents is 1. The Morgan fingerprint density at radius 3 is 2.62 bits per heavy atom. The topological polar surface area (TPSA) is 38.7 Å². The van der Waals surface area contributed by atoms with Crippen molar-refractivity contribution >= 4 is 22.4 Å². The van der Waals surface area contributed by atoms with Crippen LogP contribution in [0.1, 0.15) is 25.7 Å². The monoisotopic (exact) mass is 308 g/mol. The summed E-state index contributed by atoms with van der Waals surface area (Å²) < 4.78 is 11.3. The molecule has 3 nitrogen and oxygen atoms in total. The van der Waals surface area contributed by atoms with Gasteiger partial charge in [0.15, 0.2) is 11.5 Å². The number of ether oxygens (including phenoxy) is 2. The third-order valence-electron chi connectivity index (χ3n) is 3.41. The molecule has 0 bridgehead atoms. The van der Waals surface area contributed by atoms with Gasteiger partial charge in [-0.3, -0.25) is 0 Å². The number of fused-ring (bicyclic) bond motifs is 1. The summed E-state index contributed by atoms with van der Waals surface area (Å²) in [5.41, 5.74) is 0. The minimum absolute atomic E-state index is 0.248. The summed E-state index contributed by atoms with van der Waals surface area (Å²) in [6.07, 6.45) is 4.33. The van der Waals surface area contributed by atoms with Gasteiger partial charge in [-0.1, -0.05) is 18.9 Å². The van der Waals surface area contributed by atoms with Crippen LogP contribution in [0.3, 0.4) is 0 Å². The molecule has 4 heteroatoms. The molecule has 0 unspecified atom stereocenters. The first-order chi connectivity index (χ1) is 10.3. The molecule has 0 aliphatic rings. The first-order valence-corrected chi connectivity index (χ1v) is 7.78. The van der Waals surface area contributed by atoms with E-state index in [0.717, 1.165) is 48.1 Å². The maximum absolute atomic E-state index is 9.53. The number of halogens is 1. The van der Waals surface area contributed by atoms with Gasteiger partial charge < -0.3 is 14.6 Å². The van der Waals surface area contributed by atoms with Gasteiger partial charge in [-0.2, -0.15) is 0 Å². The minimum atomic E-state index is 0.248. The zero-order valence-electron chi connectivity index (χ0n) is 12.3. The van der Waals surface area contributed by atoms with Crippen LogP contribution in [0.5, 0.6) is 17.2 Å². The van der Waals surface area contributed by atoms with E-state index < -0.39 is 0 Å². The van der Waals surface area contributed by atoms with Crippen molar-refractivity contribution in [2.24, 2.45) is 0 Å². The van der Waals surface area contributed by atoms with Crippen LogP contribution in [-0.4, -0.2) is 24.7 Å². The molecule has 0 saturated carbocycles. The van der Waals surface area contributed by atoms with E-state index in [1.165, 1.54) is 0 Å². The second-order valence-corrected chi connectivity index (χ2v) is 5.33. The van der Waals surface area contributed by atoms with Crippen molar-refractivity contribution in [1.82, 2.24) is 0 Å². The number of aromatic hydroxyl groups is 1. The number of hydrogen-bond acceptors (Lipinski definition) is 3. The molecular formula is C17H21ClO3. The van der Waals surface area contributed by atoms with Crippen LogP contribution in [0.2, 0.25) is 0 Å². The summed E-state index contributed by atoms with van der Waals surface area (Å²) in [5.74, 6) is 2.44. The van der Waals surface area contributed by atoms with Crippen LogP contribution in [0.25, 0.3) is 10.8 Å². The van der Waals surface area contributed by atoms with Crippen LogP contribution in [0, 0.1) is 0 Å². The standard InChI is InChI=1S/C17H21ClO3/c1-20-17-15-8-7-14(19)12-13(15)6-9-16(17)21-11-5-3-2-4-10-18/h6-9,12,19H,2-5,10-11H2,1H3. The lowest BCUT2D eigenvalue weighted by molar-refractivity contribution is 0.286. The summed E-state index contributed by atoms with van der Waals surface area (Å²) >= 11 is 5.65. The molecule has 21 heavy (non-hydrogen) atoms. The van der Waals surface area contributed by atoms with Crippen molar-refractivity contribution in [2.45, 2.75) is 25.7 Å². The van der Waals surface area contributed by atoms with Crippen molar-refractivity contribution < 1.29 is 14.6 Å². The quantitative estimate of drug-likeness (QED) is 0.566. The van der Waals surface area contributed by atoms with Gasteiger partial charge in [0, 0.05) is 11.3 Å². The van der Waals surface area contributed by atoms with Crippen molar-refractivity contribution in [2.75, 3.05) is 19.6 Å². The van der Waals surface area contributed by atoms with Gasteiger partial charge >= 0.3 is 0 Å². The number of benzene rings is 2. The second kappa shape index (κ2) is 7.99. The predicted molar refractivity (Wildman–Crippen MR) is 86.8 cm³/mol. The smallest absolute Gasteiger partial charge is 0.168 e. The average Bonchev–Trinajstić information content (AvgIpc) is 2.50. The van der Waals surface area contributed by atoms with Crippen LogP contribution in [0.4, 0.5) is 0 Å². The van der Waals surface area contributed by atoms with Crippen molar-refractivity contribution in [3.05, 3.63) is 30.3 Å². The zero-order valence-corrected chi connectivity index (χ0v) is 13.0. The van der Waals surface area contributed by atoms with Crippen molar-refractivity contribution in [3.8, 4) is 17.2 Å². The summed E-state index contributed by atoms with van der Waals surface area (Å²) in [5, 5.41) is 11.4. The van der Waals surface area contributed by atoms with Gasteiger partial charge in [-0.05, 0) is 42.5 Å². The number of methoxy groups -OCH3 is 1. The highest BCUT2D eigenvalue weighted by molar-refractivity contribution is 6.17. The van der Waals surface area contributed by atoms with Crippen LogP contribution in [0.15, 0.2) is 30.3 Å². The lowest BCUT2D eigenvalue weighted by atomic mass is 10.1. The molecule has 0 aliphatic carbocycles. The molecule has 0 amide bonds. The average molecular weight is 309 g/mol. The number of phenols is 1. The van der Waals surface area contributed by atoms with Gasteiger partial charge in [0.05, 0.1) is 13.7 Å². The maximum atomic E-state index is 9.53. The SMILES string of the molecule is COc1c(OCCCCCCCl)ccc2cc(O)ccc12. The van der Waals surface area contributed by atoms with Gasteiger partial charge in [0.25, 0.3) is 0 Å². The maximum Gasteiger partial charge on any atom is 0.168 e. The summed E-state index contributed by atoms with van der Waals surface area (Å²) in [4.78, 5) is 0. The third kappa shape index (κ3) is 4.18. The molecule has 1 N–H and O–H groups in total. The zero-order chi connectivity index (χ0) is 15.1. The second-order valence-electron chi connectivity index (χ2n) is 4.95. The molecular weight excluding hydrogens is 288 g/mol. The Morgan fingerprint density at radius 1 is 1.05 bits per heavy atom. The first kappa shape index (κ1) is 15.8. The molecule has 0 spiro atoms.